The molecule has 0 aliphatic heterocycles. The van der Waals surface area contributed by atoms with Crippen molar-refractivity contribution in [2.45, 2.75) is 71.1 Å². The molecule has 0 aromatic heterocycles. The molecule has 0 saturated heterocycles. The molecule has 0 fully saturated rings. The molecule has 0 bridgehead atoms. The van der Waals surface area contributed by atoms with Gasteiger partial charge in [-0.15, -0.1) is 0 Å². The number of ether oxygens (including phenoxy) is 1. The van der Waals surface area contributed by atoms with Crippen LogP contribution in [0.25, 0.3) is 0 Å². The Hall–Kier alpha value is 0.380. The van der Waals surface area contributed by atoms with E-state index in [1.165, 1.54) is 58.5 Å². The van der Waals surface area contributed by atoms with E-state index in [1.54, 1.807) is 0 Å². The van der Waals surface area contributed by atoms with Crippen LogP contribution in [0.2, 0.25) is 0 Å². The quantitative estimate of drug-likeness (QED) is 0.161. The van der Waals surface area contributed by atoms with Gasteiger partial charge in [0, 0.05) is 17.4 Å². The number of rotatable bonds is 10. The molecule has 5 nitrogen and oxygen atoms in total. The molecule has 0 atom stereocenters. The van der Waals surface area contributed by atoms with Gasteiger partial charge in [0.1, 0.15) is 0 Å². The molecule has 0 aliphatic carbocycles. The van der Waals surface area contributed by atoms with Crippen LogP contribution in [-0.2, 0) is 28.9 Å². The molecule has 0 aromatic carbocycles. The maximum absolute atomic E-state index is 10.8. The first-order chi connectivity index (χ1) is 9.04. The number of hydrogen-bond acceptors (Lipinski definition) is 5. The van der Waals surface area contributed by atoms with E-state index in [9.17, 15) is 4.79 Å². The zero-order valence-electron chi connectivity index (χ0n) is 13.1. The molecule has 20 heavy (non-hydrogen) atoms. The number of carbonyl (C=O) groups excluding carboxylic acids is 1. The Morgan fingerprint density at radius 1 is 0.950 bits per heavy atom. The van der Waals surface area contributed by atoms with Crippen LogP contribution in [-0.4, -0.2) is 17.6 Å². The molecule has 0 aliphatic rings. The molecule has 0 rings (SSSR count). The van der Waals surface area contributed by atoms with E-state index in [1.807, 2.05) is 0 Å². The van der Waals surface area contributed by atoms with Gasteiger partial charge in [0.05, 0.1) is 7.11 Å². The summed E-state index contributed by atoms with van der Waals surface area (Å²) in [6.07, 6.45) is 12.2. The number of hydrogen-bond donors (Lipinski definition) is 1. The second-order valence-corrected chi connectivity index (χ2v) is 4.81. The third kappa shape index (κ3) is 31.0. The standard InChI is InChI=1S/C13H26O2.Na.HO3S/c1-3-4-5-6-7-8-9-10-11-12-13(14)15-2;;1-4(2)3/h3-12H2,1-2H3;;(H,1,2,3)/q;+1;-1. The topological polar surface area (TPSA) is 80.7 Å². The van der Waals surface area contributed by atoms with Crippen molar-refractivity contribution in [2.75, 3.05) is 7.11 Å². The number of carbonyl (C=O) groups is 1. The second-order valence-electron chi connectivity index (χ2n) is 4.37. The van der Waals surface area contributed by atoms with Crippen molar-refractivity contribution in [3.8, 4) is 0 Å². The Bertz CT molecular complexity index is 261. The van der Waals surface area contributed by atoms with Crippen LogP contribution < -0.4 is 29.6 Å². The summed E-state index contributed by atoms with van der Waals surface area (Å²) in [5.41, 5.74) is 0. The first-order valence-electron chi connectivity index (χ1n) is 6.89. The van der Waals surface area contributed by atoms with Gasteiger partial charge in [-0.25, -0.2) is 0 Å². The summed E-state index contributed by atoms with van der Waals surface area (Å²) < 4.78 is 28.7. The van der Waals surface area contributed by atoms with Crippen molar-refractivity contribution in [3.63, 3.8) is 0 Å². The van der Waals surface area contributed by atoms with Crippen LogP contribution >= 0.6 is 0 Å². The summed E-state index contributed by atoms with van der Waals surface area (Å²) in [5.74, 6) is -0.0713. The molecule has 0 saturated carbocycles. The average molecular weight is 318 g/mol. The number of esters is 1. The van der Waals surface area contributed by atoms with Gasteiger partial charge in [-0.05, 0) is 6.42 Å². The van der Waals surface area contributed by atoms with E-state index < -0.39 is 11.0 Å². The Morgan fingerprint density at radius 2 is 1.30 bits per heavy atom. The van der Waals surface area contributed by atoms with Crippen molar-refractivity contribution < 1.29 is 52.1 Å². The van der Waals surface area contributed by atoms with Crippen LogP contribution in [0.1, 0.15) is 71.1 Å². The van der Waals surface area contributed by atoms with E-state index in [4.69, 9.17) is 13.0 Å². The fourth-order valence-corrected chi connectivity index (χ4v) is 1.68. The van der Waals surface area contributed by atoms with Crippen LogP contribution in [0.15, 0.2) is 0 Å². The minimum atomic E-state index is -2.86. The molecule has 0 amide bonds. The molecule has 0 heterocycles. The van der Waals surface area contributed by atoms with Crippen molar-refractivity contribution >= 4 is 17.0 Å². The summed E-state index contributed by atoms with van der Waals surface area (Å²) in [6, 6.07) is 0. The first-order valence-corrected chi connectivity index (χ1v) is 7.92. The molecule has 7 heteroatoms. The zero-order chi connectivity index (χ0) is 14.9. The third-order valence-corrected chi connectivity index (χ3v) is 2.71. The third-order valence-electron chi connectivity index (χ3n) is 2.71. The number of methoxy groups -OCH3 is 1. The second kappa shape index (κ2) is 21.7. The van der Waals surface area contributed by atoms with Gasteiger partial charge in [0.15, 0.2) is 0 Å². The fraction of sp³-hybridized carbons (Fsp3) is 0.923. The summed E-state index contributed by atoms with van der Waals surface area (Å²) in [7, 11) is -1.41. The van der Waals surface area contributed by atoms with Gasteiger partial charge in [0.2, 0.25) is 0 Å². The van der Waals surface area contributed by atoms with Crippen molar-refractivity contribution in [2.24, 2.45) is 0 Å². The number of unbranched alkanes of at least 4 members (excludes halogenated alkanes) is 8. The molecule has 1 N–H and O–H groups in total. The molecule has 0 unspecified atom stereocenters. The Morgan fingerprint density at radius 3 is 1.65 bits per heavy atom. The van der Waals surface area contributed by atoms with Gasteiger partial charge < -0.3 is 17.7 Å². The van der Waals surface area contributed by atoms with Gasteiger partial charge in [-0.3, -0.25) is 4.79 Å². The summed E-state index contributed by atoms with van der Waals surface area (Å²) in [4.78, 5) is 10.8. The maximum Gasteiger partial charge on any atom is 1.00 e. The Labute approximate surface area is 146 Å². The molecule has 0 radical (unpaired) electrons. The smallest absolute Gasteiger partial charge is 0.469 e. The fourth-order valence-electron chi connectivity index (χ4n) is 1.68. The monoisotopic (exact) mass is 318 g/mol. The van der Waals surface area contributed by atoms with Gasteiger partial charge in [0.25, 0.3) is 0 Å². The van der Waals surface area contributed by atoms with Gasteiger partial charge >= 0.3 is 35.5 Å². The maximum atomic E-state index is 10.8. The largest absolute Gasteiger partial charge is 1.00 e. The SMILES string of the molecule is CCCCCCCCCCCC(=O)OC.O=[S-](=O)O.[Na+]. The first kappa shape index (κ1) is 25.3. The summed E-state index contributed by atoms with van der Waals surface area (Å²) in [5, 5.41) is 0. The van der Waals surface area contributed by atoms with Gasteiger partial charge in [-0.2, -0.15) is 0 Å². The average Bonchev–Trinajstić information content (AvgIpc) is 2.36. The zero-order valence-corrected chi connectivity index (χ0v) is 15.9. The van der Waals surface area contributed by atoms with E-state index in [2.05, 4.69) is 11.7 Å². The Balaban J connectivity index is -0.000000508. The Kier molecular flexibility index (Phi) is 27.5. The predicted molar refractivity (Wildman–Crippen MR) is 75.2 cm³/mol. The molecule has 116 valence electrons. The van der Waals surface area contributed by atoms with Crippen molar-refractivity contribution in [1.82, 2.24) is 0 Å². The van der Waals surface area contributed by atoms with Crippen LogP contribution in [0.5, 0.6) is 0 Å². The summed E-state index contributed by atoms with van der Waals surface area (Å²) in [6.45, 7) is 2.24. The van der Waals surface area contributed by atoms with Crippen molar-refractivity contribution in [3.05, 3.63) is 0 Å². The summed E-state index contributed by atoms with van der Waals surface area (Å²) >= 11 is 0. The van der Waals surface area contributed by atoms with E-state index in [0.29, 0.717) is 6.42 Å². The normalized spacial score (nSPS) is 9.40. The minimum absolute atomic E-state index is 0. The van der Waals surface area contributed by atoms with Crippen LogP contribution in [0.4, 0.5) is 0 Å². The van der Waals surface area contributed by atoms with Gasteiger partial charge in [-0.1, -0.05) is 58.3 Å². The van der Waals surface area contributed by atoms with Crippen LogP contribution in [0.3, 0.4) is 0 Å². The molecule has 0 aromatic rings. The van der Waals surface area contributed by atoms with E-state index in [-0.39, 0.29) is 35.5 Å². The predicted octanol–water partition coefficient (Wildman–Crippen LogP) is 0.853. The van der Waals surface area contributed by atoms with E-state index in [0.717, 1.165) is 6.42 Å². The molecular weight excluding hydrogens is 291 g/mol. The minimum Gasteiger partial charge on any atom is -0.469 e. The van der Waals surface area contributed by atoms with Crippen LogP contribution in [0, 0.1) is 0 Å². The van der Waals surface area contributed by atoms with Crippen molar-refractivity contribution in [1.29, 1.82) is 0 Å². The van der Waals surface area contributed by atoms with E-state index >= 15 is 0 Å². The molecular formula is C13H27NaO5S. The molecule has 0 spiro atoms.